The molecule has 0 aromatic carbocycles. The van der Waals surface area contributed by atoms with Gasteiger partial charge in [0.05, 0.1) is 10.1 Å². The molecule has 0 aromatic rings. The molecular weight excluding hydrogens is 973 g/mol. The Kier molecular flexibility index (Phi) is 37.7. The highest BCUT2D eigenvalue weighted by atomic mass is 28.4. The van der Waals surface area contributed by atoms with E-state index in [0.29, 0.717) is 12.8 Å². The number of ketones is 1. The molecule has 0 amide bonds. The molecule has 0 bridgehead atoms. The molecule has 72 heavy (non-hydrogen) atoms. The van der Waals surface area contributed by atoms with Crippen molar-refractivity contribution in [3.8, 4) is 0 Å². The highest BCUT2D eigenvalue weighted by Gasteiger charge is 2.74. The number of Topliss-reactive ketones (excluding diaryl/α,β-unsaturated/α-hetero) is 1. The summed E-state index contributed by atoms with van der Waals surface area (Å²) in [4.78, 5) is 17.5. The van der Waals surface area contributed by atoms with Gasteiger partial charge in [0.15, 0.2) is 81.3 Å². The van der Waals surface area contributed by atoms with E-state index in [0.717, 1.165) is 64.2 Å². The molecule has 14 atom stereocenters. The summed E-state index contributed by atoms with van der Waals surface area (Å²) < 4.78 is 114. The fraction of sp³-hybridized carbons (Fsp3) is 0.980. The van der Waals surface area contributed by atoms with Gasteiger partial charge in [-0.1, -0.05) is 90.9 Å². The predicted molar refractivity (Wildman–Crippen MR) is 278 cm³/mol. The Morgan fingerprint density at radius 1 is 0.319 bits per heavy atom. The minimum atomic E-state index is -4.77. The molecule has 0 aliphatic rings. The van der Waals surface area contributed by atoms with Crippen LogP contribution in [0, 0.1) is 0 Å². The monoisotopic (exact) mass is 1080 g/mol. The van der Waals surface area contributed by atoms with Crippen LogP contribution < -0.4 is 0 Å². The number of carbonyl (C=O) groups is 1. The van der Waals surface area contributed by atoms with Gasteiger partial charge in [-0.25, -0.2) is 0 Å². The van der Waals surface area contributed by atoms with Gasteiger partial charge in [0.1, 0.15) is 0 Å². The number of hydrogen-bond acceptors (Lipinski definition) is 19. The molecule has 0 fully saturated rings. The molecule has 21 heteroatoms. The molecule has 0 spiro atoms. The van der Waals surface area contributed by atoms with Crippen molar-refractivity contribution < 1.29 is 88.2 Å². The first kappa shape index (κ1) is 71.4. The quantitative estimate of drug-likeness (QED) is 0.0318. The second-order valence-corrected chi connectivity index (χ2v) is 24.7. The second kappa shape index (κ2) is 38.0. The lowest BCUT2D eigenvalue weighted by Gasteiger charge is -2.52. The molecule has 0 N–H and O–H groups in total. The summed E-state index contributed by atoms with van der Waals surface area (Å²) in [6.45, 7) is 28.7. The summed E-state index contributed by atoms with van der Waals surface area (Å²) in [6, 6.07) is 0. The molecule has 19 nitrogen and oxygen atoms in total. The third-order valence-electron chi connectivity index (χ3n) is 12.6. The van der Waals surface area contributed by atoms with Crippen molar-refractivity contribution >= 4 is 23.4 Å². The van der Waals surface area contributed by atoms with E-state index in [9.17, 15) is 0 Å². The second-order valence-electron chi connectivity index (χ2n) is 18.9. The van der Waals surface area contributed by atoms with Gasteiger partial charge in [-0.2, -0.15) is 0 Å². The largest absolute Gasteiger partial charge is 0.520 e. The first-order chi connectivity index (χ1) is 33.9. The van der Waals surface area contributed by atoms with Gasteiger partial charge < -0.3 is 83.4 Å². The Morgan fingerprint density at radius 2 is 0.500 bits per heavy atom. The third-order valence-corrected chi connectivity index (χ3v) is 20.1. The van der Waals surface area contributed by atoms with E-state index in [1.807, 2.05) is 13.8 Å². The molecule has 14 unspecified atom stereocenters. The van der Waals surface area contributed by atoms with Gasteiger partial charge in [0.25, 0.3) is 0 Å². The maximum Gasteiger partial charge on any atom is 0.520 e. The van der Waals surface area contributed by atoms with Crippen molar-refractivity contribution in [2.75, 3.05) is 42.7 Å². The first-order valence-corrected chi connectivity index (χ1v) is 30.0. The zero-order chi connectivity index (χ0) is 55.1. The molecule has 0 saturated carbocycles. The maximum atomic E-state index is 17.5. The molecule has 0 heterocycles. The smallest absolute Gasteiger partial charge is 0.356 e. The maximum absolute atomic E-state index is 17.5. The van der Waals surface area contributed by atoms with Gasteiger partial charge in [-0.3, -0.25) is 4.79 Å². The lowest BCUT2D eigenvalue weighted by Crippen LogP contribution is -2.69. The lowest BCUT2D eigenvalue weighted by atomic mass is 9.86. The first-order valence-electron chi connectivity index (χ1n) is 26.6. The Labute approximate surface area is 439 Å². The normalized spacial score (nSPS) is 20.9. The zero-order valence-corrected chi connectivity index (χ0v) is 51.1. The van der Waals surface area contributed by atoms with Crippen molar-refractivity contribution in [2.45, 2.75) is 286 Å². The third kappa shape index (κ3) is 25.2. The van der Waals surface area contributed by atoms with Crippen LogP contribution in [0.3, 0.4) is 0 Å². The van der Waals surface area contributed by atoms with Crippen LogP contribution in [0.15, 0.2) is 0 Å². The average Bonchev–Trinajstić information content (AvgIpc) is 3.32. The van der Waals surface area contributed by atoms with Crippen molar-refractivity contribution in [3.05, 3.63) is 0 Å². The van der Waals surface area contributed by atoms with E-state index < -0.39 is 103 Å². The minimum Gasteiger partial charge on any atom is -0.356 e. The molecule has 0 aromatic heterocycles. The van der Waals surface area contributed by atoms with E-state index in [4.69, 9.17) is 83.4 Å². The molecule has 0 aliphatic heterocycles. The molecule has 0 aliphatic carbocycles. The van der Waals surface area contributed by atoms with Gasteiger partial charge in [0, 0.05) is 42.7 Å². The Morgan fingerprint density at radius 3 is 0.681 bits per heavy atom. The fourth-order valence-corrected chi connectivity index (χ4v) is 15.4. The zero-order valence-electron chi connectivity index (χ0n) is 49.1. The predicted octanol–water partition coefficient (Wildman–Crippen LogP) is 11.7. The summed E-state index contributed by atoms with van der Waals surface area (Å²) in [5.74, 6) is -0.382. The summed E-state index contributed by atoms with van der Waals surface area (Å²) in [5.41, 5.74) is 0. The molecular formula is C51H106O19Si2. The number of carbonyl (C=O) groups excluding carboxylic acids is 1. The fourth-order valence-electron chi connectivity index (χ4n) is 8.32. The lowest BCUT2D eigenvalue weighted by molar-refractivity contribution is -0.256. The standard InChI is InChI=1S/C51H106O19Si2/c1-23-25-27-29-31-33-35-50(15,71(65-43(9)59-37(3)53-17,66-44(10)60-38(4)54-18)67-45(11)61-39(5)55-19)49(52)51(16,36-34-32-30-28-26-24-2)72(68-46(12)62-40(6)56-20,69-47(13)63-41(7)57-21)70-48(14)64-42(8)58-22/h37-48H,23-36H2,1-22H3. The van der Waals surface area contributed by atoms with Gasteiger partial charge in [0.2, 0.25) is 0 Å². The van der Waals surface area contributed by atoms with Crippen LogP contribution in [0.25, 0.3) is 0 Å². The van der Waals surface area contributed by atoms with E-state index >= 15 is 4.79 Å². The number of rotatable bonds is 48. The summed E-state index contributed by atoms with van der Waals surface area (Å²) in [5, 5.41) is -3.40. The number of hydrogen-bond donors (Lipinski definition) is 0. The van der Waals surface area contributed by atoms with Crippen LogP contribution in [-0.4, -0.2) is 142 Å². The van der Waals surface area contributed by atoms with Crippen molar-refractivity contribution in [2.24, 2.45) is 0 Å². The van der Waals surface area contributed by atoms with Crippen LogP contribution in [0.5, 0.6) is 0 Å². The van der Waals surface area contributed by atoms with Crippen LogP contribution >= 0.6 is 0 Å². The minimum absolute atomic E-state index is 0.207. The van der Waals surface area contributed by atoms with Crippen LogP contribution in [0.2, 0.25) is 10.1 Å². The van der Waals surface area contributed by atoms with Gasteiger partial charge >= 0.3 is 17.6 Å². The average molecular weight is 1080 g/mol. The van der Waals surface area contributed by atoms with Crippen LogP contribution in [-0.2, 0) is 88.2 Å². The van der Waals surface area contributed by atoms with E-state index in [-0.39, 0.29) is 18.6 Å². The molecule has 432 valence electrons. The number of methoxy groups -OCH3 is 6. The molecule has 0 saturated heterocycles. The van der Waals surface area contributed by atoms with Gasteiger partial charge in [-0.05, 0) is 110 Å². The van der Waals surface area contributed by atoms with Crippen molar-refractivity contribution in [1.82, 2.24) is 0 Å². The highest BCUT2D eigenvalue weighted by molar-refractivity contribution is 6.75. The number of ether oxygens (including phenoxy) is 12. The number of unbranched alkanes of at least 4 members (excludes halogenated alkanes) is 10. The summed E-state index contributed by atoms with van der Waals surface area (Å²) >= 11 is 0. The van der Waals surface area contributed by atoms with Crippen LogP contribution in [0.1, 0.15) is 201 Å². The Balaban J connectivity index is 9.32. The van der Waals surface area contributed by atoms with Crippen LogP contribution in [0.4, 0.5) is 0 Å². The topological polar surface area (TPSA) is 183 Å². The van der Waals surface area contributed by atoms with E-state index in [1.165, 1.54) is 42.7 Å². The van der Waals surface area contributed by atoms with E-state index in [2.05, 4.69) is 13.8 Å². The SMILES string of the molecule is CCCCCCCCC(C)(C(=O)C(C)(CCCCCCCC)[Si](OC(C)OC(C)OC)(OC(C)OC(C)OC)OC(C)OC(C)OC)[Si](OC(C)OC(C)OC)(OC(C)OC(C)OC)OC(C)OC(C)OC. The van der Waals surface area contributed by atoms with Gasteiger partial charge in [-0.15, -0.1) is 0 Å². The Hall–Kier alpha value is -0.616. The molecule has 0 radical (unpaired) electrons. The molecule has 0 rings (SSSR count). The van der Waals surface area contributed by atoms with E-state index in [1.54, 1.807) is 83.1 Å². The van der Waals surface area contributed by atoms with Crippen molar-refractivity contribution in [3.63, 3.8) is 0 Å². The van der Waals surface area contributed by atoms with Crippen molar-refractivity contribution in [1.29, 1.82) is 0 Å². The summed E-state index contributed by atoms with van der Waals surface area (Å²) in [7, 11) is -0.397. The Bertz CT molecular complexity index is 1160. The summed E-state index contributed by atoms with van der Waals surface area (Å²) in [6.07, 6.45) is 0.544. The highest BCUT2D eigenvalue weighted by Crippen LogP contribution is 2.59.